The van der Waals surface area contributed by atoms with Crippen molar-refractivity contribution in [2.24, 2.45) is 0 Å². The van der Waals surface area contributed by atoms with Crippen molar-refractivity contribution in [2.75, 3.05) is 12.1 Å². The number of rotatable bonds is 6. The number of ketones is 1. The number of benzene rings is 1. The molecule has 0 bridgehead atoms. The zero-order valence-electron chi connectivity index (χ0n) is 15.9. The molecule has 0 saturated heterocycles. The van der Waals surface area contributed by atoms with Crippen LogP contribution in [0, 0.1) is 0 Å². The Hall–Kier alpha value is -2.61. The van der Waals surface area contributed by atoms with Crippen molar-refractivity contribution in [3.8, 4) is 5.75 Å². The second-order valence-electron chi connectivity index (χ2n) is 5.91. The van der Waals surface area contributed by atoms with Gasteiger partial charge in [0.25, 0.3) is 0 Å². The van der Waals surface area contributed by atoms with E-state index in [2.05, 4.69) is 10.2 Å². The zero-order chi connectivity index (χ0) is 19.6. The highest BCUT2D eigenvalue weighted by Crippen LogP contribution is 2.40. The Labute approximate surface area is 162 Å². The molecular weight excluding hydrogens is 364 g/mol. The van der Waals surface area contributed by atoms with Crippen LogP contribution in [0.3, 0.4) is 0 Å². The van der Waals surface area contributed by atoms with Gasteiger partial charge in [0.2, 0.25) is 11.1 Å². The highest BCUT2D eigenvalue weighted by Gasteiger charge is 2.35. The Morgan fingerprint density at radius 2 is 1.78 bits per heavy atom. The monoisotopic (exact) mass is 386 g/mol. The summed E-state index contributed by atoms with van der Waals surface area (Å²) < 4.78 is 6.96. The van der Waals surface area contributed by atoms with Crippen LogP contribution in [0.25, 0.3) is 5.70 Å². The largest absolute Gasteiger partial charge is 0.497 e. The molecule has 1 aliphatic heterocycles. The molecule has 0 radical (unpaired) electrons. The molecule has 1 aromatic heterocycles. The summed E-state index contributed by atoms with van der Waals surface area (Å²) in [6, 6.07) is 7.35. The lowest BCUT2D eigenvalue weighted by Gasteiger charge is -2.33. The number of thioether (sulfide) groups is 1. The van der Waals surface area contributed by atoms with Gasteiger partial charge in [-0.15, -0.1) is 10.2 Å². The van der Waals surface area contributed by atoms with Gasteiger partial charge in [-0.2, -0.15) is 0 Å². The molecule has 1 amide bonds. The summed E-state index contributed by atoms with van der Waals surface area (Å²) >= 11 is 1.26. The van der Waals surface area contributed by atoms with Crippen LogP contribution >= 0.6 is 11.8 Å². The summed E-state index contributed by atoms with van der Waals surface area (Å²) in [7, 11) is 1.60. The summed E-state index contributed by atoms with van der Waals surface area (Å²) in [5, 5.41) is 10.5. The average Bonchev–Trinajstić information content (AvgIpc) is 3.14. The van der Waals surface area contributed by atoms with Crippen molar-refractivity contribution in [3.05, 3.63) is 40.6 Å². The molecule has 0 unspecified atom stereocenters. The van der Waals surface area contributed by atoms with E-state index in [1.54, 1.807) is 23.7 Å². The van der Waals surface area contributed by atoms with Gasteiger partial charge >= 0.3 is 0 Å². The summed E-state index contributed by atoms with van der Waals surface area (Å²) in [6.07, 6.45) is 1.25. The van der Waals surface area contributed by atoms with Crippen molar-refractivity contribution >= 4 is 29.1 Å². The third kappa shape index (κ3) is 3.37. The molecule has 7 nitrogen and oxygen atoms in total. The number of hydrogen-bond donors (Lipinski definition) is 0. The highest BCUT2D eigenvalue weighted by molar-refractivity contribution is 8.04. The minimum Gasteiger partial charge on any atom is -0.497 e. The average molecular weight is 386 g/mol. The van der Waals surface area contributed by atoms with E-state index in [4.69, 9.17) is 4.74 Å². The number of aromatic nitrogens is 3. The van der Waals surface area contributed by atoms with Gasteiger partial charge < -0.3 is 4.74 Å². The fourth-order valence-corrected chi connectivity index (χ4v) is 3.95. The number of amides is 1. The number of aryl methyl sites for hydroxylation is 1. The Morgan fingerprint density at radius 3 is 2.33 bits per heavy atom. The zero-order valence-corrected chi connectivity index (χ0v) is 16.7. The number of carbonyl (C=O) groups is 2. The standard InChI is InChI=1S/C19H22N4O3S/c1-5-14(24)18-17(12-8-10-13(26-4)11-9-12)23(16(25)7-3)22-15(6-2)20-21-19(22)27-18/h8-11H,5-7H2,1-4H3. The van der Waals surface area contributed by atoms with E-state index in [1.165, 1.54) is 11.8 Å². The van der Waals surface area contributed by atoms with Crippen molar-refractivity contribution in [3.63, 3.8) is 0 Å². The minimum absolute atomic E-state index is 0.0352. The van der Waals surface area contributed by atoms with Crippen LogP contribution in [0.15, 0.2) is 34.3 Å². The predicted octanol–water partition coefficient (Wildman–Crippen LogP) is 3.18. The fourth-order valence-electron chi connectivity index (χ4n) is 2.85. The van der Waals surface area contributed by atoms with E-state index in [9.17, 15) is 9.59 Å². The third-order valence-corrected chi connectivity index (χ3v) is 5.35. The van der Waals surface area contributed by atoms with Crippen LogP contribution in [0.1, 0.15) is 45.0 Å². The van der Waals surface area contributed by atoms with E-state index in [0.717, 1.165) is 5.56 Å². The second-order valence-corrected chi connectivity index (χ2v) is 6.89. The van der Waals surface area contributed by atoms with Gasteiger partial charge in [0, 0.05) is 24.8 Å². The van der Waals surface area contributed by atoms with Crippen LogP contribution in [0.4, 0.5) is 0 Å². The highest BCUT2D eigenvalue weighted by atomic mass is 32.2. The van der Waals surface area contributed by atoms with Crippen LogP contribution in [0.5, 0.6) is 5.75 Å². The van der Waals surface area contributed by atoms with Crippen LogP contribution in [-0.4, -0.2) is 33.7 Å². The molecule has 1 aliphatic rings. The molecule has 0 atom stereocenters. The molecule has 142 valence electrons. The molecule has 0 aliphatic carbocycles. The Morgan fingerprint density at radius 1 is 1.07 bits per heavy atom. The number of carbonyl (C=O) groups excluding carboxylic acids is 2. The van der Waals surface area contributed by atoms with Crippen molar-refractivity contribution in [2.45, 2.75) is 45.2 Å². The van der Waals surface area contributed by atoms with Gasteiger partial charge in [0.1, 0.15) is 5.75 Å². The van der Waals surface area contributed by atoms with E-state index < -0.39 is 0 Å². The van der Waals surface area contributed by atoms with Crippen molar-refractivity contribution in [1.29, 1.82) is 0 Å². The lowest BCUT2D eigenvalue weighted by Crippen LogP contribution is -2.42. The Bertz CT molecular complexity index is 902. The first-order valence-electron chi connectivity index (χ1n) is 8.92. The van der Waals surface area contributed by atoms with Crippen LogP contribution in [0.2, 0.25) is 0 Å². The first kappa shape index (κ1) is 19.2. The smallest absolute Gasteiger partial charge is 0.246 e. The molecular formula is C19H22N4O3S. The van der Waals surface area contributed by atoms with Crippen molar-refractivity contribution < 1.29 is 14.3 Å². The summed E-state index contributed by atoms with van der Waals surface area (Å²) in [5.41, 5.74) is 1.34. The first-order valence-corrected chi connectivity index (χ1v) is 9.74. The number of allylic oxidation sites excluding steroid dienone is 1. The molecule has 0 saturated carbocycles. The maximum atomic E-state index is 12.9. The molecule has 0 fully saturated rings. The van der Waals surface area contributed by atoms with E-state index in [-0.39, 0.29) is 11.7 Å². The SMILES string of the molecule is CCC(=O)C1=C(c2ccc(OC)cc2)N(C(=O)CC)n2c(CC)nnc2S1. The summed E-state index contributed by atoms with van der Waals surface area (Å²) in [4.78, 5) is 26.2. The third-order valence-electron chi connectivity index (χ3n) is 4.29. The number of fused-ring (bicyclic) bond motifs is 1. The summed E-state index contributed by atoms with van der Waals surface area (Å²) in [5.74, 6) is 1.22. The normalized spacial score (nSPS) is 13.6. The van der Waals surface area contributed by atoms with E-state index in [0.29, 0.717) is 46.6 Å². The first-order chi connectivity index (χ1) is 13.0. The molecule has 1 aromatic carbocycles. The molecule has 0 spiro atoms. The number of hydrogen-bond acceptors (Lipinski definition) is 6. The molecule has 27 heavy (non-hydrogen) atoms. The molecule has 2 aromatic rings. The Balaban J connectivity index is 2.26. The van der Waals surface area contributed by atoms with Gasteiger partial charge in [-0.3, -0.25) is 9.59 Å². The maximum Gasteiger partial charge on any atom is 0.246 e. The number of nitrogens with zero attached hydrogens (tertiary/aromatic N) is 4. The van der Waals surface area contributed by atoms with Gasteiger partial charge in [0.15, 0.2) is 11.6 Å². The maximum absolute atomic E-state index is 12.9. The molecule has 0 N–H and O–H groups in total. The quantitative estimate of drug-likeness (QED) is 0.759. The van der Waals surface area contributed by atoms with Crippen LogP contribution < -0.4 is 9.75 Å². The lowest BCUT2D eigenvalue weighted by atomic mass is 10.1. The minimum atomic E-state index is -0.127. The molecule has 8 heteroatoms. The molecule has 3 rings (SSSR count). The van der Waals surface area contributed by atoms with Gasteiger partial charge in [0.05, 0.1) is 17.7 Å². The topological polar surface area (TPSA) is 77.3 Å². The van der Waals surface area contributed by atoms with Gasteiger partial charge in [-0.05, 0) is 36.0 Å². The summed E-state index contributed by atoms with van der Waals surface area (Å²) in [6.45, 7) is 5.57. The number of Topliss-reactive ketones (excluding diaryl/α,β-unsaturated/α-hetero) is 1. The lowest BCUT2D eigenvalue weighted by molar-refractivity contribution is -0.119. The van der Waals surface area contributed by atoms with Gasteiger partial charge in [-0.25, -0.2) is 9.69 Å². The predicted molar refractivity (Wildman–Crippen MR) is 104 cm³/mol. The van der Waals surface area contributed by atoms with E-state index >= 15 is 0 Å². The second kappa shape index (κ2) is 7.96. The number of methoxy groups -OCH3 is 1. The fraction of sp³-hybridized carbons (Fsp3) is 0.368. The Kier molecular flexibility index (Phi) is 5.65. The van der Waals surface area contributed by atoms with Crippen molar-refractivity contribution in [1.82, 2.24) is 14.9 Å². The van der Waals surface area contributed by atoms with E-state index in [1.807, 2.05) is 38.1 Å². The van der Waals surface area contributed by atoms with Crippen LogP contribution in [-0.2, 0) is 16.0 Å². The van der Waals surface area contributed by atoms with Gasteiger partial charge in [-0.1, -0.05) is 20.8 Å². The number of ether oxygens (including phenoxy) is 1. The molecule has 2 heterocycles.